The lowest BCUT2D eigenvalue weighted by molar-refractivity contribution is -0.133. The van der Waals surface area contributed by atoms with Crippen molar-refractivity contribution in [3.05, 3.63) is 64.7 Å². The van der Waals surface area contributed by atoms with Gasteiger partial charge in [0, 0.05) is 11.1 Å². The molecule has 0 aromatic heterocycles. The first kappa shape index (κ1) is 16.2. The van der Waals surface area contributed by atoms with Crippen LogP contribution in [0.25, 0.3) is 0 Å². The van der Waals surface area contributed by atoms with Crippen LogP contribution >= 0.6 is 0 Å². The molecule has 0 N–H and O–H groups in total. The summed E-state index contributed by atoms with van der Waals surface area (Å²) in [5.41, 5.74) is 2.15. The van der Waals surface area contributed by atoms with E-state index in [-0.39, 0.29) is 18.8 Å². The molecule has 124 valence electrons. The molecule has 1 heterocycles. The molecule has 0 saturated carbocycles. The zero-order valence-corrected chi connectivity index (χ0v) is 13.6. The highest BCUT2D eigenvalue weighted by Gasteiger charge is 2.23. The van der Waals surface area contributed by atoms with Crippen LogP contribution in [0.4, 0.5) is 0 Å². The van der Waals surface area contributed by atoms with E-state index in [9.17, 15) is 18.0 Å². The monoisotopic (exact) mass is 346 g/mol. The summed E-state index contributed by atoms with van der Waals surface area (Å²) in [6, 6.07) is 11.9. The summed E-state index contributed by atoms with van der Waals surface area (Å²) >= 11 is 0. The van der Waals surface area contributed by atoms with Gasteiger partial charge in [-0.15, -0.1) is 0 Å². The molecule has 7 heteroatoms. The van der Waals surface area contributed by atoms with Crippen LogP contribution in [0.1, 0.15) is 27.0 Å². The summed E-state index contributed by atoms with van der Waals surface area (Å²) < 4.78 is 31.9. The van der Waals surface area contributed by atoms with E-state index in [1.54, 1.807) is 24.3 Å². The second-order valence-corrected chi connectivity index (χ2v) is 7.02. The minimum Gasteiger partial charge on any atom is -0.488 e. The number of carbonyl (C=O) groups excluding carboxylic acids is 2. The van der Waals surface area contributed by atoms with E-state index in [4.69, 9.17) is 4.74 Å². The van der Waals surface area contributed by atoms with Crippen LogP contribution in [0.5, 0.6) is 5.75 Å². The highest BCUT2D eigenvalue weighted by Crippen LogP contribution is 2.29. The van der Waals surface area contributed by atoms with Crippen LogP contribution in [-0.4, -0.2) is 26.4 Å². The van der Waals surface area contributed by atoms with Crippen LogP contribution in [0.15, 0.2) is 42.5 Å². The zero-order valence-electron chi connectivity index (χ0n) is 12.8. The molecule has 0 saturated heterocycles. The Morgan fingerprint density at radius 2 is 1.92 bits per heavy atom. The summed E-state index contributed by atoms with van der Waals surface area (Å²) in [6.07, 6.45) is 0.547. The maximum atomic E-state index is 12.7. The van der Waals surface area contributed by atoms with Gasteiger partial charge in [0.15, 0.2) is 5.78 Å². The van der Waals surface area contributed by atoms with Gasteiger partial charge in [0.2, 0.25) is 0 Å². The maximum Gasteiger partial charge on any atom is 0.326 e. The summed E-state index contributed by atoms with van der Waals surface area (Å²) in [6.45, 7) is 0.282. The van der Waals surface area contributed by atoms with Gasteiger partial charge in [0.05, 0.1) is 18.2 Å². The van der Waals surface area contributed by atoms with Crippen molar-refractivity contribution in [3.8, 4) is 5.75 Å². The molecule has 2 aromatic carbocycles. The van der Waals surface area contributed by atoms with Gasteiger partial charge in [-0.2, -0.15) is 8.42 Å². The van der Waals surface area contributed by atoms with E-state index in [0.717, 1.165) is 11.8 Å². The van der Waals surface area contributed by atoms with Crippen LogP contribution in [0.2, 0.25) is 0 Å². The van der Waals surface area contributed by atoms with Gasteiger partial charge in [-0.1, -0.05) is 30.3 Å². The predicted molar refractivity (Wildman–Crippen MR) is 85.3 cm³/mol. The normalized spacial score (nSPS) is 13.3. The average Bonchev–Trinajstić information content (AvgIpc) is 2.64. The highest BCUT2D eigenvalue weighted by atomic mass is 32.2. The van der Waals surface area contributed by atoms with Gasteiger partial charge in [0.25, 0.3) is 0 Å². The molecule has 3 rings (SSSR count). The van der Waals surface area contributed by atoms with E-state index in [1.807, 2.05) is 12.1 Å². The quantitative estimate of drug-likeness (QED) is 0.789. The van der Waals surface area contributed by atoms with Crippen LogP contribution in [0, 0.1) is 0 Å². The number of carbonyl (C=O) groups is 2. The highest BCUT2D eigenvalue weighted by molar-refractivity contribution is 7.86. The first-order chi connectivity index (χ1) is 11.3. The third kappa shape index (κ3) is 3.46. The third-order valence-electron chi connectivity index (χ3n) is 3.53. The standard InChI is InChI=1S/C17H14O6S/c1-24(20,21)23-16(18)9-11-6-7-15-14(8-11)17(19)13-5-3-2-4-12(13)10-22-15/h2-8H,9-10H2,1H3. The van der Waals surface area contributed by atoms with Crippen molar-refractivity contribution in [2.45, 2.75) is 13.0 Å². The molecule has 0 fully saturated rings. The Morgan fingerprint density at radius 3 is 2.67 bits per heavy atom. The molecule has 1 aliphatic rings. The van der Waals surface area contributed by atoms with Gasteiger partial charge < -0.3 is 8.92 Å². The topological polar surface area (TPSA) is 86.7 Å². The van der Waals surface area contributed by atoms with Crippen LogP contribution in [0.3, 0.4) is 0 Å². The fourth-order valence-electron chi connectivity index (χ4n) is 2.52. The van der Waals surface area contributed by atoms with Gasteiger partial charge in [0.1, 0.15) is 12.4 Å². The van der Waals surface area contributed by atoms with Crippen molar-refractivity contribution in [1.82, 2.24) is 0 Å². The predicted octanol–water partition coefficient (Wildman–Crippen LogP) is 1.86. The fourth-order valence-corrected chi connectivity index (χ4v) is 2.92. The van der Waals surface area contributed by atoms with Crippen LogP contribution < -0.4 is 4.74 Å². The van der Waals surface area contributed by atoms with Crippen LogP contribution in [-0.2, 0) is 32.1 Å². The number of hydrogen-bond donors (Lipinski definition) is 0. The molecule has 2 aromatic rings. The molecule has 6 nitrogen and oxygen atoms in total. The van der Waals surface area contributed by atoms with Gasteiger partial charge in [-0.25, -0.2) is 0 Å². The Hall–Kier alpha value is -2.67. The number of fused-ring (bicyclic) bond motifs is 2. The van der Waals surface area contributed by atoms with Crippen molar-refractivity contribution >= 4 is 21.9 Å². The van der Waals surface area contributed by atoms with Gasteiger partial charge in [-0.05, 0) is 17.7 Å². The minimum absolute atomic E-state index is 0.198. The lowest BCUT2D eigenvalue weighted by Gasteiger charge is -2.08. The number of hydrogen-bond acceptors (Lipinski definition) is 6. The average molecular weight is 346 g/mol. The molecular weight excluding hydrogens is 332 g/mol. The van der Waals surface area contributed by atoms with Crippen molar-refractivity contribution < 1.29 is 26.9 Å². The van der Waals surface area contributed by atoms with E-state index in [0.29, 0.717) is 22.4 Å². The summed E-state index contributed by atoms with van der Waals surface area (Å²) in [5, 5.41) is 0. The second kappa shape index (κ2) is 6.09. The Bertz CT molecular complexity index is 930. The van der Waals surface area contributed by atoms with Gasteiger partial charge in [-0.3, -0.25) is 9.59 Å². The lowest BCUT2D eigenvalue weighted by atomic mass is 9.97. The zero-order chi connectivity index (χ0) is 17.3. The van der Waals surface area contributed by atoms with Crippen molar-refractivity contribution in [1.29, 1.82) is 0 Å². The summed E-state index contributed by atoms with van der Waals surface area (Å²) in [4.78, 5) is 24.3. The first-order valence-electron chi connectivity index (χ1n) is 7.14. The third-order valence-corrected chi connectivity index (χ3v) is 4.02. The molecule has 24 heavy (non-hydrogen) atoms. The van der Waals surface area contributed by atoms with E-state index >= 15 is 0 Å². The number of benzene rings is 2. The number of ketones is 1. The Labute approximate surface area is 139 Å². The fraction of sp³-hybridized carbons (Fsp3) is 0.176. The van der Waals surface area contributed by atoms with Crippen molar-refractivity contribution in [3.63, 3.8) is 0 Å². The van der Waals surface area contributed by atoms with Crippen molar-refractivity contribution in [2.24, 2.45) is 0 Å². The Kier molecular flexibility index (Phi) is 4.11. The molecule has 0 radical (unpaired) electrons. The lowest BCUT2D eigenvalue weighted by Crippen LogP contribution is -2.14. The van der Waals surface area contributed by atoms with E-state index < -0.39 is 16.1 Å². The molecule has 0 unspecified atom stereocenters. The Balaban J connectivity index is 1.92. The second-order valence-electron chi connectivity index (χ2n) is 5.44. The van der Waals surface area contributed by atoms with Crippen molar-refractivity contribution in [2.75, 3.05) is 6.26 Å². The van der Waals surface area contributed by atoms with Gasteiger partial charge >= 0.3 is 16.1 Å². The largest absolute Gasteiger partial charge is 0.488 e. The number of ether oxygens (including phenoxy) is 1. The molecule has 0 spiro atoms. The minimum atomic E-state index is -3.86. The van der Waals surface area contributed by atoms with E-state index in [1.165, 1.54) is 6.07 Å². The summed E-state index contributed by atoms with van der Waals surface area (Å²) in [5.74, 6) is -0.673. The molecule has 0 aliphatic carbocycles. The molecule has 0 amide bonds. The maximum absolute atomic E-state index is 12.7. The Morgan fingerprint density at radius 1 is 1.17 bits per heavy atom. The number of rotatable bonds is 3. The molecule has 0 atom stereocenters. The molecule has 0 bridgehead atoms. The SMILES string of the molecule is CS(=O)(=O)OC(=O)Cc1ccc2c(c1)C(=O)c1ccccc1CO2. The smallest absolute Gasteiger partial charge is 0.326 e. The summed E-state index contributed by atoms with van der Waals surface area (Å²) in [7, 11) is -3.86. The molecular formula is C17H14O6S. The molecule has 1 aliphatic heterocycles. The first-order valence-corrected chi connectivity index (χ1v) is 8.96. The van der Waals surface area contributed by atoms with E-state index in [2.05, 4.69) is 4.18 Å².